The number of thioether (sulfide) groups is 1. The van der Waals surface area contributed by atoms with E-state index in [0.717, 1.165) is 22.9 Å². The molecule has 2 aromatic carbocycles. The second-order valence-electron chi connectivity index (χ2n) is 6.13. The lowest BCUT2D eigenvalue weighted by atomic mass is 10.1. The van der Waals surface area contributed by atoms with Gasteiger partial charge < -0.3 is 9.84 Å². The van der Waals surface area contributed by atoms with E-state index in [2.05, 4.69) is 15.9 Å². The number of amides is 2. The van der Waals surface area contributed by atoms with Gasteiger partial charge in [0.15, 0.2) is 6.61 Å². The van der Waals surface area contributed by atoms with Gasteiger partial charge in [0.05, 0.1) is 15.9 Å². The minimum absolute atomic E-state index is 0.230. The minimum Gasteiger partial charge on any atom is -0.481 e. The van der Waals surface area contributed by atoms with Crippen LogP contribution in [-0.2, 0) is 16.1 Å². The van der Waals surface area contributed by atoms with Crippen LogP contribution in [0.2, 0.25) is 0 Å². The van der Waals surface area contributed by atoms with Crippen LogP contribution in [0.5, 0.6) is 5.75 Å². The summed E-state index contributed by atoms with van der Waals surface area (Å²) in [5.41, 5.74) is 2.69. The van der Waals surface area contributed by atoms with Gasteiger partial charge in [0.25, 0.3) is 11.1 Å². The van der Waals surface area contributed by atoms with E-state index in [1.165, 1.54) is 4.90 Å². The number of aliphatic carboxylic acids is 1. The van der Waals surface area contributed by atoms with Gasteiger partial charge in [0.1, 0.15) is 5.75 Å². The van der Waals surface area contributed by atoms with Crippen molar-refractivity contribution in [2.75, 3.05) is 6.61 Å². The molecule has 0 saturated carbocycles. The first-order chi connectivity index (χ1) is 13.3. The van der Waals surface area contributed by atoms with Crippen molar-refractivity contribution in [1.82, 2.24) is 4.90 Å². The van der Waals surface area contributed by atoms with E-state index in [1.54, 1.807) is 24.3 Å². The smallest absolute Gasteiger partial charge is 0.341 e. The number of halogens is 1. The van der Waals surface area contributed by atoms with Crippen molar-refractivity contribution >= 4 is 50.9 Å². The minimum atomic E-state index is -1.07. The first-order valence-corrected chi connectivity index (χ1v) is 9.89. The molecule has 3 rings (SSSR count). The topological polar surface area (TPSA) is 83.9 Å². The Morgan fingerprint density at radius 2 is 1.93 bits per heavy atom. The molecule has 1 heterocycles. The molecular formula is C20H16BrNO5S. The highest BCUT2D eigenvalue weighted by atomic mass is 79.9. The molecule has 2 amide bonds. The Morgan fingerprint density at radius 3 is 2.57 bits per heavy atom. The van der Waals surface area contributed by atoms with Crippen LogP contribution in [0.1, 0.15) is 16.7 Å². The number of carboxylic acids is 1. The van der Waals surface area contributed by atoms with Crippen LogP contribution in [0.3, 0.4) is 0 Å². The zero-order chi connectivity index (χ0) is 20.3. The van der Waals surface area contributed by atoms with Crippen LogP contribution in [0.15, 0.2) is 51.8 Å². The quantitative estimate of drug-likeness (QED) is 0.639. The number of hydrogen-bond acceptors (Lipinski definition) is 5. The first kappa shape index (κ1) is 20.2. The third-order valence-electron chi connectivity index (χ3n) is 3.94. The van der Waals surface area contributed by atoms with Gasteiger partial charge in [-0.05, 0) is 64.0 Å². The van der Waals surface area contributed by atoms with E-state index < -0.39 is 12.6 Å². The summed E-state index contributed by atoms with van der Waals surface area (Å²) in [5.74, 6) is -1.02. The van der Waals surface area contributed by atoms with Gasteiger partial charge in [-0.15, -0.1) is 0 Å². The van der Waals surface area contributed by atoms with Crippen molar-refractivity contribution in [3.63, 3.8) is 0 Å². The lowest BCUT2D eigenvalue weighted by molar-refractivity contribution is -0.139. The Labute approximate surface area is 174 Å². The molecule has 0 unspecified atom stereocenters. The number of nitrogens with zero attached hydrogens (tertiary/aromatic N) is 1. The van der Waals surface area contributed by atoms with Crippen molar-refractivity contribution < 1.29 is 24.2 Å². The largest absolute Gasteiger partial charge is 0.481 e. The number of imide groups is 1. The third-order valence-corrected chi connectivity index (χ3v) is 5.47. The summed E-state index contributed by atoms with van der Waals surface area (Å²) in [6, 6.07) is 12.7. The van der Waals surface area contributed by atoms with Crippen LogP contribution in [0, 0.1) is 6.92 Å². The number of benzene rings is 2. The first-order valence-electron chi connectivity index (χ1n) is 8.28. The van der Waals surface area contributed by atoms with E-state index in [1.807, 2.05) is 31.2 Å². The van der Waals surface area contributed by atoms with E-state index in [9.17, 15) is 14.4 Å². The predicted molar refractivity (Wildman–Crippen MR) is 110 cm³/mol. The molecule has 0 radical (unpaired) electrons. The molecule has 0 aromatic heterocycles. The van der Waals surface area contributed by atoms with Crippen molar-refractivity contribution in [3.05, 3.63) is 68.5 Å². The molecule has 28 heavy (non-hydrogen) atoms. The van der Waals surface area contributed by atoms with Gasteiger partial charge in [-0.1, -0.05) is 35.9 Å². The molecule has 144 valence electrons. The maximum absolute atomic E-state index is 12.6. The highest BCUT2D eigenvalue weighted by Gasteiger charge is 2.34. The second kappa shape index (κ2) is 8.62. The molecule has 0 bridgehead atoms. The van der Waals surface area contributed by atoms with Crippen LogP contribution in [0.4, 0.5) is 4.79 Å². The average molecular weight is 462 g/mol. The number of carboxylic acid groups (broad SMARTS) is 1. The SMILES string of the molecule is Cc1ccc(CN2C(=O)S/C(=C\c3ccc(OCC(=O)O)c(Br)c3)C2=O)cc1. The number of rotatable bonds is 6. The zero-order valence-electron chi connectivity index (χ0n) is 14.8. The fourth-order valence-corrected chi connectivity index (χ4v) is 3.88. The second-order valence-corrected chi connectivity index (χ2v) is 7.97. The highest BCUT2D eigenvalue weighted by molar-refractivity contribution is 9.10. The number of carbonyl (C=O) groups is 3. The molecule has 1 fully saturated rings. The number of aryl methyl sites for hydroxylation is 1. The van der Waals surface area contributed by atoms with E-state index in [4.69, 9.17) is 9.84 Å². The number of hydrogen-bond donors (Lipinski definition) is 1. The van der Waals surface area contributed by atoms with E-state index in [-0.39, 0.29) is 17.7 Å². The molecule has 2 aromatic rings. The van der Waals surface area contributed by atoms with Gasteiger partial charge in [-0.25, -0.2) is 4.79 Å². The molecule has 1 N–H and O–H groups in total. The van der Waals surface area contributed by atoms with Gasteiger partial charge in [-0.2, -0.15) is 0 Å². The fourth-order valence-electron chi connectivity index (χ4n) is 2.53. The van der Waals surface area contributed by atoms with Crippen LogP contribution < -0.4 is 4.74 Å². The molecule has 8 heteroatoms. The highest BCUT2D eigenvalue weighted by Crippen LogP contribution is 2.34. The summed E-state index contributed by atoms with van der Waals surface area (Å²) in [5, 5.41) is 8.37. The fraction of sp³-hybridized carbons (Fsp3) is 0.150. The Bertz CT molecular complexity index is 971. The predicted octanol–water partition coefficient (Wildman–Crippen LogP) is 4.46. The zero-order valence-corrected chi connectivity index (χ0v) is 17.2. The van der Waals surface area contributed by atoms with E-state index in [0.29, 0.717) is 20.7 Å². The molecule has 0 aliphatic carbocycles. The number of ether oxygens (including phenoxy) is 1. The van der Waals surface area contributed by atoms with Crippen molar-refractivity contribution in [2.45, 2.75) is 13.5 Å². The Hall–Kier alpha value is -2.58. The van der Waals surface area contributed by atoms with Gasteiger partial charge >= 0.3 is 5.97 Å². The average Bonchev–Trinajstić information content (AvgIpc) is 2.90. The van der Waals surface area contributed by atoms with Crippen LogP contribution in [0.25, 0.3) is 6.08 Å². The number of carbonyl (C=O) groups excluding carboxylic acids is 2. The van der Waals surface area contributed by atoms with Gasteiger partial charge in [-0.3, -0.25) is 14.5 Å². The molecule has 6 nitrogen and oxygen atoms in total. The van der Waals surface area contributed by atoms with Crippen molar-refractivity contribution in [3.8, 4) is 5.75 Å². The van der Waals surface area contributed by atoms with Crippen LogP contribution in [-0.4, -0.2) is 33.7 Å². The van der Waals surface area contributed by atoms with E-state index >= 15 is 0 Å². The molecule has 0 spiro atoms. The summed E-state index contributed by atoms with van der Waals surface area (Å²) in [4.78, 5) is 37.1. The molecular weight excluding hydrogens is 446 g/mol. The molecule has 1 saturated heterocycles. The maximum Gasteiger partial charge on any atom is 0.341 e. The summed E-state index contributed by atoms with van der Waals surface area (Å²) in [6.45, 7) is 1.76. The van der Waals surface area contributed by atoms with Crippen molar-refractivity contribution in [1.29, 1.82) is 0 Å². The summed E-state index contributed by atoms with van der Waals surface area (Å²) >= 11 is 4.22. The Balaban J connectivity index is 1.75. The molecule has 0 atom stereocenters. The summed E-state index contributed by atoms with van der Waals surface area (Å²) < 4.78 is 5.71. The van der Waals surface area contributed by atoms with Gasteiger partial charge in [0, 0.05) is 0 Å². The Kier molecular flexibility index (Phi) is 6.21. The lowest BCUT2D eigenvalue weighted by Crippen LogP contribution is -2.27. The molecule has 1 aliphatic rings. The van der Waals surface area contributed by atoms with Gasteiger partial charge in [0.2, 0.25) is 0 Å². The molecule has 1 aliphatic heterocycles. The Morgan fingerprint density at radius 1 is 1.21 bits per heavy atom. The maximum atomic E-state index is 12.6. The lowest BCUT2D eigenvalue weighted by Gasteiger charge is -2.12. The normalized spacial score (nSPS) is 15.4. The summed E-state index contributed by atoms with van der Waals surface area (Å²) in [7, 11) is 0. The monoisotopic (exact) mass is 461 g/mol. The third kappa shape index (κ3) is 4.82. The van der Waals surface area contributed by atoms with Crippen molar-refractivity contribution in [2.24, 2.45) is 0 Å². The standard InChI is InChI=1S/C20H16BrNO5S/c1-12-2-4-13(5-3-12)10-22-19(25)17(28-20(22)26)9-14-6-7-16(15(21)8-14)27-11-18(23)24/h2-9H,10-11H2,1H3,(H,23,24)/b17-9-. The van der Waals surface area contributed by atoms with Crippen LogP contribution >= 0.6 is 27.7 Å². The summed E-state index contributed by atoms with van der Waals surface area (Å²) in [6.07, 6.45) is 1.63.